The molecule has 0 spiro atoms. The summed E-state index contributed by atoms with van der Waals surface area (Å²) in [7, 11) is 3.36. The highest BCUT2D eigenvalue weighted by Crippen LogP contribution is 1.96. The van der Waals surface area contributed by atoms with E-state index in [0.29, 0.717) is 27.0 Å². The second kappa shape index (κ2) is 12.6. The van der Waals surface area contributed by atoms with Gasteiger partial charge in [0.05, 0.1) is 0 Å². The maximum absolute atomic E-state index is 5.38. The van der Waals surface area contributed by atoms with Crippen LogP contribution in [0.15, 0.2) is 25.3 Å². The van der Waals surface area contributed by atoms with Gasteiger partial charge < -0.3 is 21.3 Å². The predicted molar refractivity (Wildman–Crippen MR) is 119 cm³/mol. The van der Waals surface area contributed by atoms with E-state index in [2.05, 4.69) is 45.3 Å². The fraction of sp³-hybridized carbons (Fsp3) is 0.385. The summed E-state index contributed by atoms with van der Waals surface area (Å²) in [6, 6.07) is -0.0318. The van der Waals surface area contributed by atoms with E-state index in [4.69, 9.17) is 48.9 Å². The van der Waals surface area contributed by atoms with Crippen LogP contribution in [-0.2, 0) is 0 Å². The number of nitrogens with one attached hydrogen (secondary N) is 6. The summed E-state index contributed by atoms with van der Waals surface area (Å²) >= 11 is 21.2. The Kier molecular flexibility index (Phi) is 11.7. The molecule has 0 radical (unpaired) electrons. The van der Waals surface area contributed by atoms with E-state index >= 15 is 0 Å². The van der Waals surface area contributed by atoms with Crippen LogP contribution in [-0.4, -0.2) is 57.4 Å². The summed E-state index contributed by atoms with van der Waals surface area (Å²) in [5.41, 5.74) is 5.85. The van der Waals surface area contributed by atoms with Gasteiger partial charge in [-0.2, -0.15) is 0 Å². The summed E-state index contributed by atoms with van der Waals surface area (Å²) in [5.74, 6) is 0. The minimum absolute atomic E-state index is 0.0318. The topological polar surface area (TPSA) is 78.7 Å². The second-order valence-corrected chi connectivity index (χ2v) is 6.04. The van der Waals surface area contributed by atoms with Gasteiger partial charge >= 0.3 is 0 Å². The molecule has 1 unspecified atom stereocenters. The minimum Gasteiger partial charge on any atom is -0.364 e. The standard InChI is InChI=1S/C13H24N8S4/c1-6-8-16-13(25)21(18-10(22)14-4)20(12(24)15-5)19-11(23)17-9(3)7-2/h6-7,9H,1-2,8H2,3-5H3,(H,15,24)(H,16,25)(H2,14,18,22)(H2,17,19,23). The van der Waals surface area contributed by atoms with Crippen molar-refractivity contribution in [3.05, 3.63) is 25.3 Å². The summed E-state index contributed by atoms with van der Waals surface area (Å²) in [6.45, 7) is 9.72. The fourth-order valence-electron chi connectivity index (χ4n) is 1.27. The Morgan fingerprint density at radius 2 is 1.52 bits per heavy atom. The summed E-state index contributed by atoms with van der Waals surface area (Å²) in [6.07, 6.45) is 3.39. The quantitative estimate of drug-likeness (QED) is 0.211. The molecule has 0 aromatic rings. The molecule has 0 aromatic carbocycles. The highest BCUT2D eigenvalue weighted by Gasteiger charge is 2.23. The van der Waals surface area contributed by atoms with E-state index < -0.39 is 0 Å². The third kappa shape index (κ3) is 8.77. The van der Waals surface area contributed by atoms with Crippen LogP contribution in [0, 0.1) is 0 Å². The highest BCUT2D eigenvalue weighted by atomic mass is 32.1. The number of nitrogens with zero attached hydrogens (tertiary/aromatic N) is 2. The SMILES string of the molecule is C=CCNC(=S)N(NC(=S)NC)N(NC(=S)NC(C)C=C)C(=S)NC. The molecule has 0 aliphatic heterocycles. The Labute approximate surface area is 170 Å². The second-order valence-electron chi connectivity index (χ2n) is 4.45. The number of thiocarbonyl (C=S) groups is 4. The molecule has 0 aliphatic carbocycles. The molecule has 0 aliphatic rings. The van der Waals surface area contributed by atoms with E-state index in [1.807, 2.05) is 6.92 Å². The molecule has 0 bridgehead atoms. The Bertz CT molecular complexity index is 524. The van der Waals surface area contributed by atoms with Crippen molar-refractivity contribution < 1.29 is 0 Å². The first-order valence-corrected chi connectivity index (χ1v) is 8.82. The molecule has 0 saturated carbocycles. The summed E-state index contributed by atoms with van der Waals surface area (Å²) < 4.78 is 0. The van der Waals surface area contributed by atoms with E-state index in [-0.39, 0.29) is 6.04 Å². The van der Waals surface area contributed by atoms with Crippen molar-refractivity contribution in [2.45, 2.75) is 13.0 Å². The summed E-state index contributed by atoms with van der Waals surface area (Å²) in [4.78, 5) is 0. The predicted octanol–water partition coefficient (Wildman–Crippen LogP) is 0.0327. The van der Waals surface area contributed by atoms with Crippen LogP contribution in [0.1, 0.15) is 6.92 Å². The maximum Gasteiger partial charge on any atom is 0.211 e. The van der Waals surface area contributed by atoms with Gasteiger partial charge in [0.15, 0.2) is 10.2 Å². The van der Waals surface area contributed by atoms with E-state index in [0.717, 1.165) is 0 Å². The average Bonchev–Trinajstić information content (AvgIpc) is 2.61. The maximum atomic E-state index is 5.38. The molecule has 6 N–H and O–H groups in total. The number of rotatable bonds is 4. The Hall–Kier alpha value is -1.76. The molecule has 1 atom stereocenters. The molecule has 0 rings (SSSR count). The van der Waals surface area contributed by atoms with Crippen molar-refractivity contribution in [3.63, 3.8) is 0 Å². The van der Waals surface area contributed by atoms with E-state index in [1.54, 1.807) is 26.2 Å². The van der Waals surface area contributed by atoms with E-state index in [1.165, 1.54) is 10.2 Å². The Balaban J connectivity index is 5.43. The molecule has 140 valence electrons. The van der Waals surface area contributed by atoms with Gasteiger partial charge in [0.25, 0.3) is 0 Å². The van der Waals surface area contributed by atoms with Crippen molar-refractivity contribution >= 4 is 69.3 Å². The first-order chi connectivity index (χ1) is 11.8. The van der Waals surface area contributed by atoms with Gasteiger partial charge in [-0.3, -0.25) is 10.9 Å². The van der Waals surface area contributed by atoms with Crippen LogP contribution in [0.3, 0.4) is 0 Å². The molecule has 0 saturated heterocycles. The molecule has 8 nitrogen and oxygen atoms in total. The van der Waals surface area contributed by atoms with Crippen molar-refractivity contribution in [2.24, 2.45) is 0 Å². The lowest BCUT2D eigenvalue weighted by Gasteiger charge is -2.38. The zero-order chi connectivity index (χ0) is 19.4. The molecule has 0 amide bonds. The zero-order valence-electron chi connectivity index (χ0n) is 14.4. The van der Waals surface area contributed by atoms with Crippen molar-refractivity contribution in [3.8, 4) is 0 Å². The van der Waals surface area contributed by atoms with Gasteiger partial charge in [-0.1, -0.05) is 12.2 Å². The summed E-state index contributed by atoms with van der Waals surface area (Å²) in [5, 5.41) is 15.7. The third-order valence-electron chi connectivity index (χ3n) is 2.55. The molecule has 25 heavy (non-hydrogen) atoms. The molecular formula is C13H24N8S4. The molecule has 0 heterocycles. The van der Waals surface area contributed by atoms with Crippen LogP contribution < -0.4 is 32.1 Å². The average molecular weight is 421 g/mol. The lowest BCUT2D eigenvalue weighted by molar-refractivity contribution is 0.0713. The Morgan fingerprint density at radius 3 is 2.00 bits per heavy atom. The number of hydrogen-bond acceptors (Lipinski definition) is 4. The minimum atomic E-state index is -0.0318. The van der Waals surface area contributed by atoms with Crippen LogP contribution >= 0.6 is 48.9 Å². The Morgan fingerprint density at radius 1 is 0.960 bits per heavy atom. The largest absolute Gasteiger partial charge is 0.364 e. The monoisotopic (exact) mass is 420 g/mol. The first kappa shape index (κ1) is 23.2. The lowest BCUT2D eigenvalue weighted by Crippen LogP contribution is -2.68. The number of hydrogen-bond donors (Lipinski definition) is 6. The van der Waals surface area contributed by atoms with Crippen molar-refractivity contribution in [1.29, 1.82) is 0 Å². The smallest absolute Gasteiger partial charge is 0.211 e. The van der Waals surface area contributed by atoms with Gasteiger partial charge in [0, 0.05) is 26.7 Å². The van der Waals surface area contributed by atoms with E-state index in [9.17, 15) is 0 Å². The van der Waals surface area contributed by atoms with Crippen LogP contribution in [0.2, 0.25) is 0 Å². The van der Waals surface area contributed by atoms with Gasteiger partial charge in [0.1, 0.15) is 0 Å². The molecular weight excluding hydrogens is 396 g/mol. The van der Waals surface area contributed by atoms with Crippen molar-refractivity contribution in [2.75, 3.05) is 20.6 Å². The van der Waals surface area contributed by atoms with Gasteiger partial charge in [-0.25, -0.2) is 0 Å². The fourth-order valence-corrected chi connectivity index (χ4v) is 1.97. The van der Waals surface area contributed by atoms with Crippen LogP contribution in [0.4, 0.5) is 0 Å². The van der Waals surface area contributed by atoms with Gasteiger partial charge in [-0.05, 0) is 55.8 Å². The van der Waals surface area contributed by atoms with Gasteiger partial charge in [0.2, 0.25) is 10.2 Å². The first-order valence-electron chi connectivity index (χ1n) is 7.19. The van der Waals surface area contributed by atoms with Crippen molar-refractivity contribution in [1.82, 2.24) is 42.4 Å². The molecule has 0 aromatic heterocycles. The number of hydrazine groups is 3. The normalized spacial score (nSPS) is 10.4. The lowest BCUT2D eigenvalue weighted by atomic mass is 10.3. The molecule has 12 heteroatoms. The van der Waals surface area contributed by atoms with Crippen LogP contribution in [0.5, 0.6) is 0 Å². The third-order valence-corrected chi connectivity index (χ3v) is 3.75. The zero-order valence-corrected chi connectivity index (χ0v) is 17.6. The van der Waals surface area contributed by atoms with Crippen LogP contribution in [0.25, 0.3) is 0 Å². The highest BCUT2D eigenvalue weighted by molar-refractivity contribution is 7.81. The van der Waals surface area contributed by atoms with Gasteiger partial charge in [-0.15, -0.1) is 23.4 Å². The molecule has 0 fully saturated rings.